The van der Waals surface area contributed by atoms with Gasteiger partial charge in [-0.3, -0.25) is 9.69 Å². The van der Waals surface area contributed by atoms with E-state index in [4.69, 9.17) is 14.2 Å². The number of rotatable bonds is 11. The van der Waals surface area contributed by atoms with E-state index in [1.165, 1.54) is 0 Å². The first-order valence-electron chi connectivity index (χ1n) is 14.7. The van der Waals surface area contributed by atoms with Crippen molar-refractivity contribution >= 4 is 18.1 Å². The molecular weight excluding hydrogens is 534 g/mol. The summed E-state index contributed by atoms with van der Waals surface area (Å²) in [6, 6.07) is 19.1. The summed E-state index contributed by atoms with van der Waals surface area (Å²) in [6.07, 6.45) is -0.379. The minimum Gasteiger partial charge on any atom is -0.445 e. The fraction of sp³-hybridized carbons (Fsp3) is 0.545. The Morgan fingerprint density at radius 1 is 0.929 bits per heavy atom. The van der Waals surface area contributed by atoms with Crippen LogP contribution in [0.3, 0.4) is 0 Å². The first-order chi connectivity index (χ1) is 19.8. The van der Waals surface area contributed by atoms with Gasteiger partial charge in [0.1, 0.15) is 17.9 Å². The van der Waals surface area contributed by atoms with Gasteiger partial charge in [-0.2, -0.15) is 0 Å². The van der Waals surface area contributed by atoms with Crippen molar-refractivity contribution in [2.45, 2.75) is 91.4 Å². The second-order valence-electron chi connectivity index (χ2n) is 12.6. The van der Waals surface area contributed by atoms with E-state index in [9.17, 15) is 14.4 Å². The summed E-state index contributed by atoms with van der Waals surface area (Å²) < 4.78 is 17.5. The summed E-state index contributed by atoms with van der Waals surface area (Å²) in [7, 11) is 0. The Balaban J connectivity index is 1.64. The highest BCUT2D eigenvalue weighted by Crippen LogP contribution is 2.38. The summed E-state index contributed by atoms with van der Waals surface area (Å²) in [5, 5.41) is 5.62. The number of nitrogens with zero attached hydrogens (tertiary/aromatic N) is 1. The Labute approximate surface area is 250 Å². The molecule has 2 aromatic carbocycles. The molecule has 0 bridgehead atoms. The second kappa shape index (κ2) is 14.5. The van der Waals surface area contributed by atoms with Crippen molar-refractivity contribution in [3.05, 3.63) is 71.8 Å². The van der Waals surface area contributed by atoms with E-state index in [1.807, 2.05) is 109 Å². The number of hydrogen-bond donors (Lipinski definition) is 2. The molecule has 3 amide bonds. The van der Waals surface area contributed by atoms with Gasteiger partial charge in [0.25, 0.3) is 0 Å². The molecule has 3 atom stereocenters. The number of amides is 3. The van der Waals surface area contributed by atoms with Crippen molar-refractivity contribution in [3.63, 3.8) is 0 Å². The van der Waals surface area contributed by atoms with E-state index in [2.05, 4.69) is 10.6 Å². The van der Waals surface area contributed by atoms with Crippen LogP contribution in [-0.4, -0.2) is 59.6 Å². The van der Waals surface area contributed by atoms with Gasteiger partial charge in [-0.1, -0.05) is 74.5 Å². The number of ether oxygens (including phenoxy) is 3. The predicted molar refractivity (Wildman–Crippen MR) is 162 cm³/mol. The van der Waals surface area contributed by atoms with Gasteiger partial charge in [-0.25, -0.2) is 9.59 Å². The van der Waals surface area contributed by atoms with E-state index < -0.39 is 29.6 Å². The summed E-state index contributed by atoms with van der Waals surface area (Å²) in [6.45, 7) is 13.9. The van der Waals surface area contributed by atoms with Gasteiger partial charge in [0.15, 0.2) is 0 Å². The molecule has 0 spiro atoms. The zero-order chi connectivity index (χ0) is 30.9. The van der Waals surface area contributed by atoms with Crippen LogP contribution in [0, 0.1) is 11.8 Å². The zero-order valence-corrected chi connectivity index (χ0v) is 26.0. The summed E-state index contributed by atoms with van der Waals surface area (Å²) in [5.41, 5.74) is 0.381. The monoisotopic (exact) mass is 581 g/mol. The van der Waals surface area contributed by atoms with Crippen LogP contribution in [0.1, 0.15) is 66.0 Å². The third-order valence-electron chi connectivity index (χ3n) is 7.19. The highest BCUT2D eigenvalue weighted by atomic mass is 16.6. The molecule has 42 heavy (non-hydrogen) atoms. The highest BCUT2D eigenvalue weighted by molar-refractivity contribution is 5.79. The minimum atomic E-state index is -0.922. The van der Waals surface area contributed by atoms with Gasteiger partial charge in [0.2, 0.25) is 5.91 Å². The SMILES string of the molecule is CC(C)[C@H](C[C@@H]1OC(C)(C)N(C(=O)OC(C)(C)C)[C@H]1Cc1ccccc1)C(=O)NCCNC(=O)OCc1ccccc1. The molecule has 1 saturated heterocycles. The number of alkyl carbamates (subject to hydrolysis) is 1. The van der Waals surface area contributed by atoms with E-state index in [0.29, 0.717) is 12.8 Å². The Bertz CT molecular complexity index is 1160. The number of carbonyl (C=O) groups excluding carboxylic acids is 3. The van der Waals surface area contributed by atoms with Crippen LogP contribution in [0.25, 0.3) is 0 Å². The van der Waals surface area contributed by atoms with Crippen molar-refractivity contribution in [2.24, 2.45) is 11.8 Å². The fourth-order valence-electron chi connectivity index (χ4n) is 5.21. The summed E-state index contributed by atoms with van der Waals surface area (Å²) in [4.78, 5) is 40.5. The highest BCUT2D eigenvalue weighted by Gasteiger charge is 2.52. The minimum absolute atomic E-state index is 0.0217. The molecule has 3 rings (SSSR count). The summed E-state index contributed by atoms with van der Waals surface area (Å²) in [5.74, 6) is -0.471. The molecule has 0 aromatic heterocycles. The van der Waals surface area contributed by atoms with Crippen molar-refractivity contribution in [3.8, 4) is 0 Å². The molecule has 0 aliphatic carbocycles. The molecule has 9 nitrogen and oxygen atoms in total. The lowest BCUT2D eigenvalue weighted by Crippen LogP contribution is -2.51. The Morgan fingerprint density at radius 2 is 1.50 bits per heavy atom. The number of carbonyl (C=O) groups is 3. The van der Waals surface area contributed by atoms with E-state index in [1.54, 1.807) is 4.90 Å². The maximum atomic E-state index is 13.4. The Kier molecular flexibility index (Phi) is 11.4. The van der Waals surface area contributed by atoms with E-state index in [0.717, 1.165) is 11.1 Å². The first-order valence-corrected chi connectivity index (χ1v) is 14.7. The van der Waals surface area contributed by atoms with Crippen LogP contribution in [0.5, 0.6) is 0 Å². The maximum absolute atomic E-state index is 13.4. The van der Waals surface area contributed by atoms with Gasteiger partial charge >= 0.3 is 12.2 Å². The van der Waals surface area contributed by atoms with Crippen LogP contribution in [-0.2, 0) is 32.0 Å². The quantitative estimate of drug-likeness (QED) is 0.331. The van der Waals surface area contributed by atoms with Crippen molar-refractivity contribution in [1.29, 1.82) is 0 Å². The topological polar surface area (TPSA) is 106 Å². The average Bonchev–Trinajstić information content (AvgIpc) is 3.17. The molecule has 9 heteroatoms. The molecule has 0 radical (unpaired) electrons. The first kappa shape index (κ1) is 32.9. The van der Waals surface area contributed by atoms with Crippen LogP contribution < -0.4 is 10.6 Å². The molecule has 1 aliphatic rings. The normalized spacial score (nSPS) is 18.8. The number of nitrogens with one attached hydrogen (secondary N) is 2. The van der Waals surface area contributed by atoms with Crippen LogP contribution in [0.4, 0.5) is 9.59 Å². The molecule has 0 saturated carbocycles. The molecule has 1 fully saturated rings. The lowest BCUT2D eigenvalue weighted by atomic mass is 9.86. The van der Waals surface area contributed by atoms with E-state index in [-0.39, 0.29) is 43.5 Å². The second-order valence-corrected chi connectivity index (χ2v) is 12.6. The van der Waals surface area contributed by atoms with Crippen LogP contribution in [0.15, 0.2) is 60.7 Å². The average molecular weight is 582 g/mol. The molecule has 2 aromatic rings. The Hall–Kier alpha value is -3.59. The molecule has 0 unspecified atom stereocenters. The standard InChI is InChI=1S/C33H47N3O6/c1-23(2)26(29(37)34-18-19-35-30(38)40-22-25-16-12-9-13-17-25)21-28-27(20-24-14-10-8-11-15-24)36(33(6,7)41-28)31(39)42-32(3,4)5/h8-17,23,26-28H,18-22H2,1-7H3,(H,34,37)(H,35,38)/t26-,27-,28-/m0/s1. The van der Waals surface area contributed by atoms with Gasteiger partial charge in [0, 0.05) is 19.0 Å². The number of hydrogen-bond acceptors (Lipinski definition) is 6. The van der Waals surface area contributed by atoms with Crippen molar-refractivity contribution < 1.29 is 28.6 Å². The van der Waals surface area contributed by atoms with Gasteiger partial charge in [0.05, 0.1) is 12.1 Å². The molecule has 230 valence electrons. The smallest absolute Gasteiger partial charge is 0.412 e. The zero-order valence-electron chi connectivity index (χ0n) is 26.0. The van der Waals surface area contributed by atoms with Gasteiger partial charge in [-0.15, -0.1) is 0 Å². The molecule has 2 N–H and O–H groups in total. The summed E-state index contributed by atoms with van der Waals surface area (Å²) >= 11 is 0. The molecule has 1 aliphatic heterocycles. The largest absolute Gasteiger partial charge is 0.445 e. The predicted octanol–water partition coefficient (Wildman–Crippen LogP) is 5.67. The lowest BCUT2D eigenvalue weighted by Gasteiger charge is -2.35. The third kappa shape index (κ3) is 9.76. The van der Waals surface area contributed by atoms with Crippen LogP contribution in [0.2, 0.25) is 0 Å². The maximum Gasteiger partial charge on any atom is 0.412 e. The molecular formula is C33H47N3O6. The van der Waals surface area contributed by atoms with Gasteiger partial charge in [-0.05, 0) is 64.5 Å². The van der Waals surface area contributed by atoms with E-state index >= 15 is 0 Å². The number of benzene rings is 2. The lowest BCUT2D eigenvalue weighted by molar-refractivity contribution is -0.129. The van der Waals surface area contributed by atoms with Gasteiger partial charge < -0.3 is 24.8 Å². The fourth-order valence-corrected chi connectivity index (χ4v) is 5.21. The van der Waals surface area contributed by atoms with Crippen molar-refractivity contribution in [2.75, 3.05) is 13.1 Å². The Morgan fingerprint density at radius 3 is 2.07 bits per heavy atom. The third-order valence-corrected chi connectivity index (χ3v) is 7.19. The molecule has 1 heterocycles. The van der Waals surface area contributed by atoms with Crippen LogP contribution >= 0.6 is 0 Å². The van der Waals surface area contributed by atoms with Crippen molar-refractivity contribution in [1.82, 2.24) is 15.5 Å².